The van der Waals surface area contributed by atoms with Crippen LogP contribution in [0.3, 0.4) is 0 Å². The van der Waals surface area contributed by atoms with Crippen molar-refractivity contribution in [1.29, 1.82) is 0 Å². The van der Waals surface area contributed by atoms with Gasteiger partial charge < -0.3 is 9.47 Å². The monoisotopic (exact) mass is 402 g/mol. The topological polar surface area (TPSA) is 110 Å². The van der Waals surface area contributed by atoms with E-state index in [-0.39, 0.29) is 18.2 Å². The quantitative estimate of drug-likeness (QED) is 0.662. The van der Waals surface area contributed by atoms with Crippen LogP contribution in [-0.2, 0) is 23.2 Å². The molecule has 0 aliphatic carbocycles. The Labute approximate surface area is 171 Å². The van der Waals surface area contributed by atoms with E-state index in [0.717, 1.165) is 28.1 Å². The lowest BCUT2D eigenvalue weighted by Gasteiger charge is -2.29. The Morgan fingerprint density at radius 2 is 1.97 bits per heavy atom. The third kappa shape index (κ3) is 2.86. The number of piperidine rings is 1. The molecule has 0 bridgehead atoms. The highest BCUT2D eigenvalue weighted by molar-refractivity contribution is 6.05. The highest BCUT2D eigenvalue weighted by Crippen LogP contribution is 2.34. The Kier molecular flexibility index (Phi) is 4.16. The van der Waals surface area contributed by atoms with Gasteiger partial charge in [0.2, 0.25) is 11.8 Å². The number of carbonyl (C=O) groups excluding carboxylic acids is 3. The molecule has 1 saturated heterocycles. The number of imide groups is 1. The minimum atomic E-state index is -0.626. The Morgan fingerprint density at radius 3 is 2.73 bits per heavy atom. The third-order valence-electron chi connectivity index (χ3n) is 5.59. The van der Waals surface area contributed by atoms with Gasteiger partial charge in [0.25, 0.3) is 5.91 Å². The number of aryl methyl sites for hydroxylation is 1. The fourth-order valence-corrected chi connectivity index (χ4v) is 4.13. The van der Waals surface area contributed by atoms with Gasteiger partial charge in [-0.1, -0.05) is 6.07 Å². The van der Waals surface area contributed by atoms with Gasteiger partial charge >= 0.3 is 0 Å². The van der Waals surface area contributed by atoms with Crippen LogP contribution in [0.5, 0.6) is 0 Å². The van der Waals surface area contributed by atoms with Crippen molar-refractivity contribution in [3.05, 3.63) is 54.1 Å². The molecule has 3 aromatic rings. The number of nitrogens with zero attached hydrogens (tertiary/aromatic N) is 5. The van der Waals surface area contributed by atoms with Crippen molar-refractivity contribution in [3.63, 3.8) is 0 Å². The van der Waals surface area contributed by atoms with Crippen LogP contribution in [0.1, 0.15) is 28.8 Å². The number of hydrogen-bond acceptors (Lipinski definition) is 6. The van der Waals surface area contributed by atoms with Crippen molar-refractivity contribution in [2.24, 2.45) is 7.05 Å². The Bertz CT molecular complexity index is 1190. The summed E-state index contributed by atoms with van der Waals surface area (Å²) in [5.74, 6) is -0.897. The Hall–Kier alpha value is -3.88. The Balaban J connectivity index is 1.49. The third-order valence-corrected chi connectivity index (χ3v) is 5.59. The normalized spacial score (nSPS) is 18.5. The maximum atomic E-state index is 12.9. The van der Waals surface area contributed by atoms with E-state index in [0.29, 0.717) is 18.5 Å². The molecule has 9 nitrogen and oxygen atoms in total. The van der Waals surface area contributed by atoms with Crippen LogP contribution in [0.4, 0.5) is 0 Å². The summed E-state index contributed by atoms with van der Waals surface area (Å²) in [5.41, 5.74) is 4.86. The maximum absolute atomic E-state index is 12.9. The van der Waals surface area contributed by atoms with Gasteiger partial charge in [0.1, 0.15) is 6.04 Å². The zero-order valence-electron chi connectivity index (χ0n) is 16.2. The van der Waals surface area contributed by atoms with Gasteiger partial charge in [-0.3, -0.25) is 19.7 Å². The molecular formula is C21H18N6O3. The zero-order chi connectivity index (χ0) is 20.8. The highest BCUT2D eigenvalue weighted by atomic mass is 16.2. The molecule has 1 fully saturated rings. The second-order valence-electron chi connectivity index (χ2n) is 7.46. The summed E-state index contributed by atoms with van der Waals surface area (Å²) in [4.78, 5) is 42.6. The number of benzene rings is 1. The number of amides is 3. The molecule has 4 heterocycles. The molecule has 2 aliphatic heterocycles. The fourth-order valence-electron chi connectivity index (χ4n) is 4.13. The average Bonchev–Trinajstić information content (AvgIpc) is 3.28. The van der Waals surface area contributed by atoms with Crippen LogP contribution >= 0.6 is 0 Å². The molecule has 150 valence electrons. The highest BCUT2D eigenvalue weighted by Gasteiger charge is 2.39. The fraction of sp³-hybridized carbons (Fsp3) is 0.238. The van der Waals surface area contributed by atoms with E-state index in [9.17, 15) is 14.4 Å². The van der Waals surface area contributed by atoms with Gasteiger partial charge in [-0.15, -0.1) is 0 Å². The largest absolute Gasteiger partial charge is 0.333 e. The molecule has 2 aromatic heterocycles. The van der Waals surface area contributed by atoms with Crippen LogP contribution in [0.2, 0.25) is 0 Å². The van der Waals surface area contributed by atoms with E-state index < -0.39 is 11.9 Å². The molecule has 1 aromatic carbocycles. The predicted octanol–water partition coefficient (Wildman–Crippen LogP) is 1.31. The summed E-state index contributed by atoms with van der Waals surface area (Å²) < 4.78 is 1.92. The van der Waals surface area contributed by atoms with E-state index in [1.165, 1.54) is 0 Å². The lowest BCUT2D eigenvalue weighted by atomic mass is 10.0. The summed E-state index contributed by atoms with van der Waals surface area (Å²) in [6.07, 6.45) is 5.63. The van der Waals surface area contributed by atoms with Gasteiger partial charge in [-0.2, -0.15) is 10.2 Å². The van der Waals surface area contributed by atoms with Crippen LogP contribution in [0.25, 0.3) is 22.5 Å². The van der Waals surface area contributed by atoms with Crippen LogP contribution in [-0.4, -0.2) is 48.4 Å². The first kappa shape index (κ1) is 18.2. The van der Waals surface area contributed by atoms with E-state index in [2.05, 4.69) is 20.5 Å². The lowest BCUT2D eigenvalue weighted by molar-refractivity contribution is -0.136. The number of imidazole rings is 1. The van der Waals surface area contributed by atoms with E-state index >= 15 is 0 Å². The van der Waals surface area contributed by atoms with Gasteiger partial charge in [0.15, 0.2) is 0 Å². The number of rotatable bonds is 3. The second kappa shape index (κ2) is 6.87. The minimum absolute atomic E-state index is 0.189. The molecule has 1 atom stereocenters. The number of hydrogen-bond donors (Lipinski definition) is 1. The summed E-state index contributed by atoms with van der Waals surface area (Å²) in [6.45, 7) is 0.327. The van der Waals surface area contributed by atoms with Crippen LogP contribution in [0.15, 0.2) is 43.0 Å². The van der Waals surface area contributed by atoms with Gasteiger partial charge in [-0.05, 0) is 30.2 Å². The molecule has 0 saturated carbocycles. The molecule has 30 heavy (non-hydrogen) atoms. The molecule has 0 unspecified atom stereocenters. The molecule has 3 amide bonds. The first-order valence-corrected chi connectivity index (χ1v) is 9.59. The predicted molar refractivity (Wildman–Crippen MR) is 106 cm³/mol. The van der Waals surface area contributed by atoms with E-state index in [1.807, 2.05) is 29.8 Å². The minimum Gasteiger partial charge on any atom is -0.333 e. The summed E-state index contributed by atoms with van der Waals surface area (Å²) >= 11 is 0. The van der Waals surface area contributed by atoms with Gasteiger partial charge in [-0.25, -0.2) is 4.98 Å². The summed E-state index contributed by atoms with van der Waals surface area (Å²) in [7, 11) is 1.91. The van der Waals surface area contributed by atoms with Gasteiger partial charge in [0, 0.05) is 36.7 Å². The number of fused-ring (bicyclic) bond motifs is 1. The van der Waals surface area contributed by atoms with Crippen molar-refractivity contribution in [2.45, 2.75) is 25.4 Å². The number of aromatic nitrogens is 4. The molecule has 0 spiro atoms. The summed E-state index contributed by atoms with van der Waals surface area (Å²) in [5, 5.41) is 10.1. The van der Waals surface area contributed by atoms with Crippen LogP contribution in [0, 0.1) is 0 Å². The first-order chi connectivity index (χ1) is 14.5. The van der Waals surface area contributed by atoms with Crippen molar-refractivity contribution in [3.8, 4) is 22.5 Å². The van der Waals surface area contributed by atoms with Crippen molar-refractivity contribution in [2.75, 3.05) is 0 Å². The Morgan fingerprint density at radius 1 is 1.10 bits per heavy atom. The molecule has 2 aliphatic rings. The molecule has 0 radical (unpaired) electrons. The summed E-state index contributed by atoms with van der Waals surface area (Å²) in [6, 6.07) is 6.83. The van der Waals surface area contributed by atoms with Crippen molar-refractivity contribution in [1.82, 2.24) is 30.0 Å². The first-order valence-electron chi connectivity index (χ1n) is 9.59. The SMILES string of the molecule is Cn1cnc(-c2ccc3c(c2)CN([C@H]2CCC(=O)NC2=O)C3=O)c1-c1ccnnc1. The van der Waals surface area contributed by atoms with Crippen LogP contribution < -0.4 is 5.32 Å². The number of carbonyl (C=O) groups is 3. The molecule has 9 heteroatoms. The molecule has 1 N–H and O–H groups in total. The smallest absolute Gasteiger partial charge is 0.255 e. The molecular weight excluding hydrogens is 384 g/mol. The lowest BCUT2D eigenvalue weighted by Crippen LogP contribution is -2.52. The zero-order valence-corrected chi connectivity index (χ0v) is 16.2. The standard InChI is InChI=1S/C21H18N6O3/c1-26-11-22-18(19(26)13-6-7-23-24-9-13)12-2-3-15-14(8-12)10-27(21(15)30)16-4-5-17(28)25-20(16)29/h2-3,6-9,11,16H,4-5,10H2,1H3,(H,25,28,29)/t16-/m0/s1. The van der Waals surface area contributed by atoms with E-state index in [1.54, 1.807) is 29.7 Å². The van der Waals surface area contributed by atoms with E-state index in [4.69, 9.17) is 0 Å². The van der Waals surface area contributed by atoms with Crippen molar-refractivity contribution < 1.29 is 14.4 Å². The average molecular weight is 402 g/mol. The second-order valence-corrected chi connectivity index (χ2v) is 7.46. The van der Waals surface area contributed by atoms with Crippen molar-refractivity contribution >= 4 is 17.7 Å². The number of nitrogens with one attached hydrogen (secondary N) is 1. The molecule has 5 rings (SSSR count). The maximum Gasteiger partial charge on any atom is 0.255 e. The van der Waals surface area contributed by atoms with Gasteiger partial charge in [0.05, 0.1) is 30.1 Å².